The van der Waals surface area contributed by atoms with Crippen molar-refractivity contribution in [3.63, 3.8) is 0 Å². The number of benzene rings is 1. The number of fused-ring (bicyclic) bond motifs is 1. The molecule has 1 N–H and O–H groups in total. The van der Waals surface area contributed by atoms with Crippen molar-refractivity contribution in [2.45, 2.75) is 26.7 Å². The van der Waals surface area contributed by atoms with E-state index in [-0.39, 0.29) is 0 Å². The summed E-state index contributed by atoms with van der Waals surface area (Å²) in [4.78, 5) is 3.40. The van der Waals surface area contributed by atoms with E-state index in [1.165, 1.54) is 18.4 Å². The Bertz CT molecular complexity index is 577. The first-order chi connectivity index (χ1) is 8.69. The van der Waals surface area contributed by atoms with E-state index in [0.717, 1.165) is 23.7 Å². The highest BCUT2D eigenvalue weighted by Crippen LogP contribution is 2.32. The quantitative estimate of drug-likeness (QED) is 0.840. The fourth-order valence-corrected chi connectivity index (χ4v) is 2.59. The Morgan fingerprint density at radius 3 is 2.67 bits per heavy atom. The molecule has 5 heteroatoms. The molecule has 18 heavy (non-hydrogen) atoms. The lowest BCUT2D eigenvalue weighted by molar-refractivity contribution is 0.349. The third kappa shape index (κ3) is 2.45. The van der Waals surface area contributed by atoms with E-state index in [1.807, 2.05) is 12.1 Å². The third-order valence-electron chi connectivity index (χ3n) is 3.04. The number of hydrogen-bond donors (Lipinski definition) is 1. The van der Waals surface area contributed by atoms with Crippen LogP contribution < -0.4 is 4.52 Å². The van der Waals surface area contributed by atoms with Crippen LogP contribution in [0.4, 0.5) is 0 Å². The average molecular weight is 267 g/mol. The molecule has 2 aromatic rings. The summed E-state index contributed by atoms with van der Waals surface area (Å²) in [7, 11) is -1.05. The van der Waals surface area contributed by atoms with Crippen LogP contribution in [0, 0.1) is 0 Å². The Labute approximate surface area is 107 Å². The second-order valence-electron chi connectivity index (χ2n) is 4.05. The molecule has 0 saturated carbocycles. The van der Waals surface area contributed by atoms with E-state index in [2.05, 4.69) is 23.4 Å². The Kier molecular flexibility index (Phi) is 4.10. The first-order valence-electron chi connectivity index (χ1n) is 6.08. The van der Waals surface area contributed by atoms with Crippen LogP contribution in [0.1, 0.15) is 25.1 Å². The van der Waals surface area contributed by atoms with Crippen molar-refractivity contribution in [1.29, 1.82) is 0 Å². The maximum atomic E-state index is 11.3. The molecule has 2 rings (SSSR count). The van der Waals surface area contributed by atoms with Crippen LogP contribution in [0.15, 0.2) is 18.2 Å². The summed E-state index contributed by atoms with van der Waals surface area (Å²) in [5, 5.41) is 1.14. The molecule has 0 saturated heterocycles. The number of aromatic nitrogens is 1. The number of rotatable bonds is 5. The minimum absolute atomic E-state index is 0.588. The Balaban J connectivity index is 2.46. The van der Waals surface area contributed by atoms with Gasteiger partial charge in [0.25, 0.3) is 0 Å². The smallest absolute Gasteiger partial charge is 0.367 e. The lowest BCUT2D eigenvalue weighted by Crippen LogP contribution is -1.86. The first-order valence-corrected chi connectivity index (χ1v) is 7.31. The van der Waals surface area contributed by atoms with Crippen molar-refractivity contribution in [3.05, 3.63) is 29.5 Å². The fourth-order valence-electron chi connectivity index (χ4n) is 2.19. The molecule has 98 valence electrons. The van der Waals surface area contributed by atoms with Gasteiger partial charge in [-0.1, -0.05) is 13.8 Å². The standard InChI is InChI=1S/C13H18NO3P/c1-4-10-11-8-9(17-18(15)16-3)6-7-13(11)14-12(10)5-2/h6-8,14,18H,4-5H2,1-3H3. The predicted octanol–water partition coefficient (Wildman–Crippen LogP) is 3.71. The predicted molar refractivity (Wildman–Crippen MR) is 73.7 cm³/mol. The second-order valence-corrected chi connectivity index (χ2v) is 5.17. The molecular weight excluding hydrogens is 249 g/mol. The van der Waals surface area contributed by atoms with Crippen LogP contribution in [-0.2, 0) is 21.9 Å². The maximum absolute atomic E-state index is 11.3. The van der Waals surface area contributed by atoms with Gasteiger partial charge in [-0.25, -0.2) is 4.57 Å². The van der Waals surface area contributed by atoms with E-state index in [1.54, 1.807) is 6.07 Å². The van der Waals surface area contributed by atoms with E-state index < -0.39 is 8.25 Å². The van der Waals surface area contributed by atoms with Crippen LogP contribution >= 0.6 is 8.25 Å². The highest BCUT2D eigenvalue weighted by Gasteiger charge is 2.10. The Morgan fingerprint density at radius 2 is 2.06 bits per heavy atom. The molecule has 4 nitrogen and oxygen atoms in total. The molecule has 0 radical (unpaired) electrons. The van der Waals surface area contributed by atoms with Crippen molar-refractivity contribution in [2.75, 3.05) is 7.11 Å². The maximum Gasteiger partial charge on any atom is 0.367 e. The van der Waals surface area contributed by atoms with Crippen LogP contribution in [0.3, 0.4) is 0 Å². The summed E-state index contributed by atoms with van der Waals surface area (Å²) in [6.45, 7) is 4.26. The monoisotopic (exact) mass is 267 g/mol. The van der Waals surface area contributed by atoms with Gasteiger partial charge in [-0.3, -0.25) is 0 Å². The van der Waals surface area contributed by atoms with Crippen LogP contribution in [0.25, 0.3) is 10.9 Å². The molecule has 0 amide bonds. The topological polar surface area (TPSA) is 51.3 Å². The van der Waals surface area contributed by atoms with Crippen molar-refractivity contribution < 1.29 is 13.6 Å². The van der Waals surface area contributed by atoms with Crippen molar-refractivity contribution >= 4 is 19.2 Å². The number of aromatic amines is 1. The van der Waals surface area contributed by atoms with Crippen LogP contribution in [-0.4, -0.2) is 12.1 Å². The lowest BCUT2D eigenvalue weighted by atomic mass is 10.1. The number of H-pyrrole nitrogens is 1. The molecule has 0 bridgehead atoms. The van der Waals surface area contributed by atoms with Gasteiger partial charge in [-0.2, -0.15) is 0 Å². The normalized spacial score (nSPS) is 12.8. The zero-order valence-electron chi connectivity index (χ0n) is 10.9. The van der Waals surface area contributed by atoms with Gasteiger partial charge >= 0.3 is 8.25 Å². The highest BCUT2D eigenvalue weighted by molar-refractivity contribution is 7.33. The van der Waals surface area contributed by atoms with Gasteiger partial charge < -0.3 is 14.0 Å². The molecule has 1 aromatic carbocycles. The van der Waals surface area contributed by atoms with Crippen LogP contribution in [0.5, 0.6) is 5.75 Å². The minimum Gasteiger partial charge on any atom is -0.426 e. The molecule has 0 aliphatic carbocycles. The number of hydrogen-bond acceptors (Lipinski definition) is 3. The van der Waals surface area contributed by atoms with Crippen molar-refractivity contribution in [2.24, 2.45) is 0 Å². The van der Waals surface area contributed by atoms with Gasteiger partial charge in [0, 0.05) is 23.7 Å². The summed E-state index contributed by atoms with van der Waals surface area (Å²) >= 11 is 0. The van der Waals surface area contributed by atoms with Gasteiger partial charge in [-0.15, -0.1) is 0 Å². The molecule has 1 heterocycles. The van der Waals surface area contributed by atoms with Gasteiger partial charge in [0.1, 0.15) is 5.75 Å². The summed E-state index contributed by atoms with van der Waals surface area (Å²) in [6.07, 6.45) is 1.94. The second kappa shape index (κ2) is 5.59. The lowest BCUT2D eigenvalue weighted by Gasteiger charge is -2.04. The van der Waals surface area contributed by atoms with E-state index in [9.17, 15) is 4.57 Å². The zero-order chi connectivity index (χ0) is 13.1. The number of aryl methyl sites for hydroxylation is 2. The van der Waals surface area contributed by atoms with Crippen LogP contribution in [0.2, 0.25) is 0 Å². The zero-order valence-corrected chi connectivity index (χ0v) is 11.9. The largest absolute Gasteiger partial charge is 0.426 e. The SMILES string of the molecule is CCc1[nH]c2ccc(O[PH](=O)OC)cc2c1CC. The molecule has 1 unspecified atom stereocenters. The van der Waals surface area contributed by atoms with Gasteiger partial charge in [0.05, 0.1) is 0 Å². The van der Waals surface area contributed by atoms with Crippen molar-refractivity contribution in [3.8, 4) is 5.75 Å². The Hall–Kier alpha value is -1.25. The van der Waals surface area contributed by atoms with E-state index >= 15 is 0 Å². The fraction of sp³-hybridized carbons (Fsp3) is 0.385. The van der Waals surface area contributed by atoms with Gasteiger partial charge in [0.2, 0.25) is 0 Å². The average Bonchev–Trinajstić information content (AvgIpc) is 2.75. The molecule has 1 aromatic heterocycles. The molecule has 1 atom stereocenters. The molecule has 0 aliphatic heterocycles. The highest BCUT2D eigenvalue weighted by atomic mass is 31.1. The van der Waals surface area contributed by atoms with Crippen molar-refractivity contribution in [1.82, 2.24) is 4.98 Å². The van der Waals surface area contributed by atoms with Gasteiger partial charge in [0.15, 0.2) is 0 Å². The molecular formula is C13H18NO3P. The summed E-state index contributed by atoms with van der Waals surface area (Å²) in [6, 6.07) is 5.68. The minimum atomic E-state index is -2.43. The molecule has 0 spiro atoms. The Morgan fingerprint density at radius 1 is 1.28 bits per heavy atom. The third-order valence-corrected chi connectivity index (χ3v) is 3.78. The summed E-state index contributed by atoms with van der Waals surface area (Å²) in [5.41, 5.74) is 3.65. The van der Waals surface area contributed by atoms with E-state index in [4.69, 9.17) is 4.52 Å². The first kappa shape index (κ1) is 13.2. The number of nitrogens with one attached hydrogen (secondary N) is 1. The summed E-state index contributed by atoms with van der Waals surface area (Å²) in [5.74, 6) is 0.588. The van der Waals surface area contributed by atoms with E-state index in [0.29, 0.717) is 5.75 Å². The molecule has 0 aliphatic rings. The van der Waals surface area contributed by atoms with Gasteiger partial charge in [-0.05, 0) is 36.6 Å². The molecule has 0 fully saturated rings. The summed E-state index contributed by atoms with van der Waals surface area (Å²) < 4.78 is 21.2.